The highest BCUT2D eigenvalue weighted by molar-refractivity contribution is 7.90. The lowest BCUT2D eigenvalue weighted by atomic mass is 10.3. The molecule has 8 heteroatoms. The van der Waals surface area contributed by atoms with Gasteiger partial charge in [0, 0.05) is 25.5 Å². The summed E-state index contributed by atoms with van der Waals surface area (Å²) in [5, 5.41) is 0. The number of sulfone groups is 1. The Morgan fingerprint density at radius 3 is 2.56 bits per heavy atom. The van der Waals surface area contributed by atoms with Crippen molar-refractivity contribution in [1.29, 1.82) is 0 Å². The Bertz CT molecular complexity index is 536. The van der Waals surface area contributed by atoms with Crippen LogP contribution in [-0.4, -0.2) is 54.8 Å². The maximum atomic E-state index is 12.0. The molecule has 100 valence electrons. The molecule has 0 aromatic carbocycles. The molecule has 1 rings (SSSR count). The van der Waals surface area contributed by atoms with Gasteiger partial charge >= 0.3 is 0 Å². The molecule has 0 spiro atoms. The molecule has 1 aromatic heterocycles. The van der Waals surface area contributed by atoms with E-state index >= 15 is 0 Å². The molecule has 0 aliphatic rings. The number of nitrogens with zero attached hydrogens (tertiary/aromatic N) is 3. The standard InChI is InChI=1S/C10H16N4O3S/c1-7-6-8(13-10(11)12-7)9(15)14(2)4-5-18(3,16)17/h6H,4-5H2,1-3H3,(H2,11,12,13). The Hall–Kier alpha value is -1.70. The van der Waals surface area contributed by atoms with E-state index in [0.29, 0.717) is 5.69 Å². The first-order chi connectivity index (χ1) is 8.19. The van der Waals surface area contributed by atoms with Gasteiger partial charge in [0.2, 0.25) is 5.95 Å². The first kappa shape index (κ1) is 14.4. The molecule has 1 amide bonds. The lowest BCUT2D eigenvalue weighted by Crippen LogP contribution is -2.32. The number of nitrogen functional groups attached to an aromatic ring is 1. The fourth-order valence-corrected chi connectivity index (χ4v) is 1.91. The van der Waals surface area contributed by atoms with Crippen molar-refractivity contribution in [3.05, 3.63) is 17.5 Å². The topological polar surface area (TPSA) is 106 Å². The Morgan fingerprint density at radius 2 is 2.06 bits per heavy atom. The van der Waals surface area contributed by atoms with Crippen LogP contribution in [0.2, 0.25) is 0 Å². The SMILES string of the molecule is Cc1cc(C(=O)N(C)CCS(C)(=O)=O)nc(N)n1. The van der Waals surface area contributed by atoms with Crippen LogP contribution in [0.4, 0.5) is 5.95 Å². The van der Waals surface area contributed by atoms with Gasteiger partial charge in [0.05, 0.1) is 5.75 Å². The maximum Gasteiger partial charge on any atom is 0.272 e. The van der Waals surface area contributed by atoms with Gasteiger partial charge in [-0.05, 0) is 13.0 Å². The zero-order valence-corrected chi connectivity index (χ0v) is 11.4. The molecule has 0 aliphatic heterocycles. The van der Waals surface area contributed by atoms with Crippen molar-refractivity contribution in [3.8, 4) is 0 Å². The minimum absolute atomic E-state index is 0.0230. The van der Waals surface area contributed by atoms with E-state index in [2.05, 4.69) is 9.97 Å². The fraction of sp³-hybridized carbons (Fsp3) is 0.500. The summed E-state index contributed by atoms with van der Waals surface area (Å²) >= 11 is 0. The van der Waals surface area contributed by atoms with Gasteiger partial charge in [-0.15, -0.1) is 0 Å². The minimum atomic E-state index is -3.10. The molecule has 1 aromatic rings. The summed E-state index contributed by atoms with van der Waals surface area (Å²) in [4.78, 5) is 20.9. The van der Waals surface area contributed by atoms with E-state index in [-0.39, 0.29) is 29.8 Å². The quantitative estimate of drug-likeness (QED) is 0.790. The maximum absolute atomic E-state index is 12.0. The zero-order valence-electron chi connectivity index (χ0n) is 10.5. The van der Waals surface area contributed by atoms with E-state index in [9.17, 15) is 13.2 Å². The third kappa shape index (κ3) is 4.28. The number of aryl methyl sites for hydroxylation is 1. The molecule has 0 saturated heterocycles. The summed E-state index contributed by atoms with van der Waals surface area (Å²) in [7, 11) is -1.59. The molecule has 0 unspecified atom stereocenters. The molecular formula is C10H16N4O3S. The molecule has 0 fully saturated rings. The predicted molar refractivity (Wildman–Crippen MR) is 67.9 cm³/mol. The normalized spacial score (nSPS) is 11.3. The van der Waals surface area contributed by atoms with E-state index in [1.165, 1.54) is 18.0 Å². The zero-order chi connectivity index (χ0) is 13.9. The molecule has 0 radical (unpaired) electrons. The van der Waals surface area contributed by atoms with Crippen LogP contribution in [0.25, 0.3) is 0 Å². The summed E-state index contributed by atoms with van der Waals surface area (Å²) in [5.74, 6) is -0.444. The second-order valence-electron chi connectivity index (χ2n) is 4.11. The summed E-state index contributed by atoms with van der Waals surface area (Å²) in [6, 6.07) is 1.51. The lowest BCUT2D eigenvalue weighted by Gasteiger charge is -2.16. The summed E-state index contributed by atoms with van der Waals surface area (Å²) < 4.78 is 22.0. The molecule has 0 bridgehead atoms. The highest BCUT2D eigenvalue weighted by Gasteiger charge is 2.16. The summed E-state index contributed by atoms with van der Waals surface area (Å²) in [5.41, 5.74) is 6.20. The van der Waals surface area contributed by atoms with Crippen molar-refractivity contribution in [3.63, 3.8) is 0 Å². The van der Waals surface area contributed by atoms with Gasteiger partial charge < -0.3 is 10.6 Å². The number of amides is 1. The van der Waals surface area contributed by atoms with E-state index in [4.69, 9.17) is 5.73 Å². The van der Waals surface area contributed by atoms with Crippen LogP contribution >= 0.6 is 0 Å². The first-order valence-electron chi connectivity index (χ1n) is 5.23. The highest BCUT2D eigenvalue weighted by Crippen LogP contribution is 2.05. The molecule has 2 N–H and O–H groups in total. The third-order valence-corrected chi connectivity index (χ3v) is 3.16. The Kier molecular flexibility index (Phi) is 4.23. The number of rotatable bonds is 4. The number of nitrogens with two attached hydrogens (primary N) is 1. The van der Waals surface area contributed by atoms with Gasteiger partial charge in [-0.3, -0.25) is 4.79 Å². The molecule has 0 saturated carbocycles. The number of carbonyl (C=O) groups excluding carboxylic acids is 1. The van der Waals surface area contributed by atoms with Crippen LogP contribution in [0, 0.1) is 6.92 Å². The monoisotopic (exact) mass is 272 g/mol. The van der Waals surface area contributed by atoms with Crippen molar-refractivity contribution in [2.75, 3.05) is 31.3 Å². The van der Waals surface area contributed by atoms with Gasteiger partial charge in [-0.1, -0.05) is 0 Å². The van der Waals surface area contributed by atoms with Crippen LogP contribution in [0.1, 0.15) is 16.2 Å². The average Bonchev–Trinajstić information content (AvgIpc) is 2.22. The average molecular weight is 272 g/mol. The third-order valence-electron chi connectivity index (χ3n) is 2.23. The molecule has 0 atom stereocenters. The number of anilines is 1. The smallest absolute Gasteiger partial charge is 0.272 e. The lowest BCUT2D eigenvalue weighted by molar-refractivity contribution is 0.0797. The predicted octanol–water partition coefficient (Wildman–Crippen LogP) is -0.516. The van der Waals surface area contributed by atoms with Gasteiger partial charge in [0.25, 0.3) is 5.91 Å². The number of hydrogen-bond acceptors (Lipinski definition) is 6. The van der Waals surface area contributed by atoms with Crippen LogP contribution in [0.5, 0.6) is 0 Å². The molecular weight excluding hydrogens is 256 g/mol. The Labute approximate surface area is 106 Å². The minimum Gasteiger partial charge on any atom is -0.368 e. The molecule has 7 nitrogen and oxygen atoms in total. The largest absolute Gasteiger partial charge is 0.368 e. The number of hydrogen-bond donors (Lipinski definition) is 1. The molecule has 0 aliphatic carbocycles. The molecule has 1 heterocycles. The Balaban J connectivity index is 2.80. The summed E-state index contributed by atoms with van der Waals surface area (Å²) in [6.07, 6.45) is 1.12. The van der Waals surface area contributed by atoms with Crippen LogP contribution in [-0.2, 0) is 9.84 Å². The van der Waals surface area contributed by atoms with E-state index < -0.39 is 9.84 Å². The Morgan fingerprint density at radius 1 is 1.44 bits per heavy atom. The van der Waals surface area contributed by atoms with Gasteiger partial charge in [-0.2, -0.15) is 0 Å². The summed E-state index contributed by atoms with van der Waals surface area (Å²) in [6.45, 7) is 1.81. The van der Waals surface area contributed by atoms with Crippen LogP contribution < -0.4 is 5.73 Å². The van der Waals surface area contributed by atoms with Gasteiger partial charge in [-0.25, -0.2) is 18.4 Å². The second-order valence-corrected chi connectivity index (χ2v) is 6.37. The van der Waals surface area contributed by atoms with Crippen molar-refractivity contribution in [1.82, 2.24) is 14.9 Å². The second kappa shape index (κ2) is 5.30. The van der Waals surface area contributed by atoms with E-state index in [0.717, 1.165) is 6.26 Å². The van der Waals surface area contributed by atoms with Crippen molar-refractivity contribution in [2.45, 2.75) is 6.92 Å². The van der Waals surface area contributed by atoms with Gasteiger partial charge in [0.15, 0.2) is 0 Å². The van der Waals surface area contributed by atoms with Gasteiger partial charge in [0.1, 0.15) is 15.5 Å². The van der Waals surface area contributed by atoms with E-state index in [1.807, 2.05) is 0 Å². The first-order valence-corrected chi connectivity index (χ1v) is 7.29. The van der Waals surface area contributed by atoms with E-state index in [1.54, 1.807) is 6.92 Å². The number of aromatic nitrogens is 2. The fourth-order valence-electron chi connectivity index (χ4n) is 1.30. The van der Waals surface area contributed by atoms with Crippen molar-refractivity contribution >= 4 is 21.7 Å². The highest BCUT2D eigenvalue weighted by atomic mass is 32.2. The van der Waals surface area contributed by atoms with Crippen LogP contribution in [0.3, 0.4) is 0 Å². The number of carbonyl (C=O) groups is 1. The van der Waals surface area contributed by atoms with Crippen LogP contribution in [0.15, 0.2) is 6.07 Å². The molecule has 18 heavy (non-hydrogen) atoms. The van der Waals surface area contributed by atoms with Crippen molar-refractivity contribution < 1.29 is 13.2 Å². The van der Waals surface area contributed by atoms with Crippen molar-refractivity contribution in [2.24, 2.45) is 0 Å².